The van der Waals surface area contributed by atoms with Gasteiger partial charge in [0, 0.05) is 31.8 Å². The van der Waals surface area contributed by atoms with E-state index in [9.17, 15) is 4.79 Å². The van der Waals surface area contributed by atoms with E-state index in [4.69, 9.17) is 0 Å². The van der Waals surface area contributed by atoms with Crippen LogP contribution in [0.1, 0.15) is 46.9 Å². The second-order valence-corrected chi connectivity index (χ2v) is 6.75. The third kappa shape index (κ3) is 3.16. The van der Waals surface area contributed by atoms with E-state index in [2.05, 4.69) is 30.8 Å². The zero-order valence-electron chi connectivity index (χ0n) is 15.6. The third-order valence-electron chi connectivity index (χ3n) is 4.93. The number of rotatable bonds is 5. The van der Waals surface area contributed by atoms with E-state index in [1.807, 2.05) is 19.2 Å². The Balaban J connectivity index is 1.66. The summed E-state index contributed by atoms with van der Waals surface area (Å²) in [6, 6.07) is 3.59. The maximum atomic E-state index is 13.0. The lowest BCUT2D eigenvalue weighted by atomic mass is 9.80. The SMILES string of the molecule is CNc1cc(-n2nc(C)cc2NC(=O)c2c(C3CCC3)cnn2C)ncn1. The van der Waals surface area contributed by atoms with Crippen molar-refractivity contribution in [2.45, 2.75) is 32.1 Å². The summed E-state index contributed by atoms with van der Waals surface area (Å²) in [5, 5.41) is 14.7. The van der Waals surface area contributed by atoms with Crippen molar-refractivity contribution < 1.29 is 4.79 Å². The molecule has 0 bridgehead atoms. The fourth-order valence-electron chi connectivity index (χ4n) is 3.29. The zero-order valence-corrected chi connectivity index (χ0v) is 15.6. The van der Waals surface area contributed by atoms with Crippen LogP contribution < -0.4 is 10.6 Å². The summed E-state index contributed by atoms with van der Waals surface area (Å²) < 4.78 is 3.25. The van der Waals surface area contributed by atoms with Gasteiger partial charge in [0.1, 0.15) is 23.7 Å². The van der Waals surface area contributed by atoms with Crippen molar-refractivity contribution in [2.75, 3.05) is 17.7 Å². The first-order chi connectivity index (χ1) is 13.1. The summed E-state index contributed by atoms with van der Waals surface area (Å²) in [5.74, 6) is 2.03. The highest BCUT2D eigenvalue weighted by Crippen LogP contribution is 2.38. The average Bonchev–Trinajstić information content (AvgIpc) is 3.16. The maximum Gasteiger partial charge on any atom is 0.275 e. The molecule has 1 aliphatic rings. The first-order valence-corrected chi connectivity index (χ1v) is 8.97. The van der Waals surface area contributed by atoms with Crippen LogP contribution in [0.25, 0.3) is 5.82 Å². The van der Waals surface area contributed by atoms with Crippen LogP contribution in [0.4, 0.5) is 11.6 Å². The van der Waals surface area contributed by atoms with E-state index >= 15 is 0 Å². The number of amides is 1. The van der Waals surface area contributed by atoms with Crippen molar-refractivity contribution in [3.63, 3.8) is 0 Å². The highest BCUT2D eigenvalue weighted by Gasteiger charge is 2.28. The van der Waals surface area contributed by atoms with Gasteiger partial charge in [0.25, 0.3) is 5.91 Å². The van der Waals surface area contributed by atoms with Crippen molar-refractivity contribution >= 4 is 17.5 Å². The molecule has 0 radical (unpaired) electrons. The fourth-order valence-corrected chi connectivity index (χ4v) is 3.29. The van der Waals surface area contributed by atoms with Crippen LogP contribution >= 0.6 is 0 Å². The molecule has 1 saturated carbocycles. The van der Waals surface area contributed by atoms with Gasteiger partial charge in [-0.15, -0.1) is 0 Å². The van der Waals surface area contributed by atoms with Gasteiger partial charge in [-0.05, 0) is 25.7 Å². The Labute approximate surface area is 156 Å². The molecule has 0 spiro atoms. The van der Waals surface area contributed by atoms with Crippen molar-refractivity contribution in [1.29, 1.82) is 0 Å². The van der Waals surface area contributed by atoms with Gasteiger partial charge in [0.15, 0.2) is 5.82 Å². The Bertz CT molecular complexity index is 985. The van der Waals surface area contributed by atoms with E-state index < -0.39 is 0 Å². The number of carbonyl (C=O) groups excluding carboxylic acids is 1. The van der Waals surface area contributed by atoms with Crippen LogP contribution in [0.15, 0.2) is 24.7 Å². The number of hydrogen-bond acceptors (Lipinski definition) is 6. The molecule has 0 aliphatic heterocycles. The topological polar surface area (TPSA) is 103 Å². The molecule has 0 saturated heterocycles. The Morgan fingerprint density at radius 2 is 2.07 bits per heavy atom. The number of aromatic nitrogens is 6. The quantitative estimate of drug-likeness (QED) is 0.718. The summed E-state index contributed by atoms with van der Waals surface area (Å²) in [4.78, 5) is 21.4. The van der Waals surface area contributed by atoms with Gasteiger partial charge in [-0.2, -0.15) is 14.9 Å². The molecule has 3 aromatic rings. The van der Waals surface area contributed by atoms with E-state index in [0.29, 0.717) is 29.1 Å². The molecule has 0 atom stereocenters. The minimum absolute atomic E-state index is 0.194. The van der Waals surface area contributed by atoms with E-state index in [1.54, 1.807) is 29.5 Å². The monoisotopic (exact) mass is 366 g/mol. The Morgan fingerprint density at radius 1 is 1.26 bits per heavy atom. The minimum atomic E-state index is -0.194. The first-order valence-electron chi connectivity index (χ1n) is 8.97. The van der Waals surface area contributed by atoms with Gasteiger partial charge in [0.2, 0.25) is 0 Å². The zero-order chi connectivity index (χ0) is 19.0. The molecule has 4 rings (SSSR count). The fraction of sp³-hybridized carbons (Fsp3) is 0.389. The van der Waals surface area contributed by atoms with Crippen LogP contribution in [0.5, 0.6) is 0 Å². The Morgan fingerprint density at radius 3 is 2.78 bits per heavy atom. The molecule has 0 unspecified atom stereocenters. The van der Waals surface area contributed by atoms with Crippen LogP contribution in [-0.4, -0.2) is 42.5 Å². The smallest absolute Gasteiger partial charge is 0.275 e. The van der Waals surface area contributed by atoms with E-state index in [0.717, 1.165) is 24.1 Å². The Hall–Kier alpha value is -3.23. The molecular formula is C18H22N8O. The van der Waals surface area contributed by atoms with Crippen LogP contribution in [0, 0.1) is 6.92 Å². The lowest BCUT2D eigenvalue weighted by molar-refractivity contribution is 0.101. The normalized spacial score (nSPS) is 14.0. The maximum absolute atomic E-state index is 13.0. The van der Waals surface area contributed by atoms with Gasteiger partial charge < -0.3 is 10.6 Å². The lowest BCUT2D eigenvalue weighted by Crippen LogP contribution is -2.22. The van der Waals surface area contributed by atoms with Gasteiger partial charge in [-0.1, -0.05) is 6.42 Å². The molecule has 27 heavy (non-hydrogen) atoms. The molecule has 9 heteroatoms. The summed E-state index contributed by atoms with van der Waals surface area (Å²) in [7, 11) is 3.58. The van der Waals surface area contributed by atoms with Crippen LogP contribution in [-0.2, 0) is 7.05 Å². The molecule has 140 valence electrons. The largest absolute Gasteiger partial charge is 0.373 e. The second kappa shape index (κ2) is 6.82. The minimum Gasteiger partial charge on any atom is -0.373 e. The first kappa shape index (κ1) is 17.2. The molecule has 3 heterocycles. The predicted octanol–water partition coefficient (Wildman–Crippen LogP) is 2.27. The van der Waals surface area contributed by atoms with Gasteiger partial charge >= 0.3 is 0 Å². The summed E-state index contributed by atoms with van der Waals surface area (Å²) >= 11 is 0. The van der Waals surface area contributed by atoms with E-state index in [-0.39, 0.29) is 5.91 Å². The molecule has 2 N–H and O–H groups in total. The van der Waals surface area contributed by atoms with Crippen molar-refractivity contribution in [2.24, 2.45) is 7.05 Å². The molecule has 1 aliphatic carbocycles. The van der Waals surface area contributed by atoms with Crippen molar-refractivity contribution in [3.8, 4) is 5.82 Å². The number of hydrogen-bond donors (Lipinski definition) is 2. The second-order valence-electron chi connectivity index (χ2n) is 6.75. The number of nitrogens with zero attached hydrogens (tertiary/aromatic N) is 6. The highest BCUT2D eigenvalue weighted by molar-refractivity contribution is 6.04. The van der Waals surface area contributed by atoms with Gasteiger partial charge in [-0.3, -0.25) is 9.48 Å². The molecule has 0 aromatic carbocycles. The lowest BCUT2D eigenvalue weighted by Gasteiger charge is -2.25. The molecule has 9 nitrogen and oxygen atoms in total. The van der Waals surface area contributed by atoms with E-state index in [1.165, 1.54) is 12.7 Å². The standard InChI is InChI=1S/C18H22N8O/c1-11-7-16(26(24-11)15-8-14(19-2)20-10-21-15)23-18(27)17-13(9-22-25(17)3)12-5-4-6-12/h7-10,12H,4-6H2,1-3H3,(H,23,27)(H,19,20,21). The van der Waals surface area contributed by atoms with Gasteiger partial charge in [0.05, 0.1) is 11.9 Å². The summed E-state index contributed by atoms with van der Waals surface area (Å²) in [6.45, 7) is 1.87. The summed E-state index contributed by atoms with van der Waals surface area (Å²) in [6.07, 6.45) is 6.69. The van der Waals surface area contributed by atoms with Crippen molar-refractivity contribution in [3.05, 3.63) is 41.6 Å². The number of aryl methyl sites for hydroxylation is 2. The highest BCUT2D eigenvalue weighted by atomic mass is 16.2. The average molecular weight is 366 g/mol. The predicted molar refractivity (Wildman–Crippen MR) is 101 cm³/mol. The van der Waals surface area contributed by atoms with Gasteiger partial charge in [-0.25, -0.2) is 9.97 Å². The molecule has 1 amide bonds. The van der Waals surface area contributed by atoms with Crippen LogP contribution in [0.3, 0.4) is 0 Å². The third-order valence-corrected chi connectivity index (χ3v) is 4.93. The Kier molecular flexibility index (Phi) is 4.35. The molecular weight excluding hydrogens is 344 g/mol. The molecule has 1 fully saturated rings. The number of carbonyl (C=O) groups is 1. The van der Waals surface area contributed by atoms with Crippen molar-refractivity contribution in [1.82, 2.24) is 29.5 Å². The number of nitrogens with one attached hydrogen (secondary N) is 2. The number of anilines is 2. The molecule has 3 aromatic heterocycles. The van der Waals surface area contributed by atoms with Crippen LogP contribution in [0.2, 0.25) is 0 Å². The summed E-state index contributed by atoms with van der Waals surface area (Å²) in [5.41, 5.74) is 2.39.